The van der Waals surface area contributed by atoms with Crippen LogP contribution in [0.2, 0.25) is 0 Å². The van der Waals surface area contributed by atoms with Crippen molar-refractivity contribution in [3.05, 3.63) is 35.6 Å². The fourth-order valence-electron chi connectivity index (χ4n) is 2.88. The van der Waals surface area contributed by atoms with Gasteiger partial charge in [-0.1, -0.05) is 0 Å². The summed E-state index contributed by atoms with van der Waals surface area (Å²) in [5.74, 6) is -0.565. The van der Waals surface area contributed by atoms with Gasteiger partial charge in [-0.15, -0.1) is 12.4 Å². The Labute approximate surface area is 128 Å². The number of amides is 1. The summed E-state index contributed by atoms with van der Waals surface area (Å²) in [6.45, 7) is 1.04. The fourth-order valence-corrected chi connectivity index (χ4v) is 4.83. The molecule has 21 heavy (non-hydrogen) atoms. The number of benzene rings is 1. The van der Waals surface area contributed by atoms with E-state index in [4.69, 9.17) is 0 Å². The summed E-state index contributed by atoms with van der Waals surface area (Å²) < 4.78 is 36.3. The van der Waals surface area contributed by atoms with E-state index in [0.717, 1.165) is 0 Å². The standard InChI is InChI=1S/C13H15FN2O3S.ClH/c14-10-3-1-9(2-4-10)13(17)16-6-5-15-11-7-20(18,19)8-12(11)16;/h1-4,11-12,15H,5-8H2;1H/t11-,12+;/m0./s1. The third kappa shape index (κ3) is 3.20. The highest BCUT2D eigenvalue weighted by Gasteiger charge is 2.44. The minimum absolute atomic E-state index is 0. The molecule has 3 rings (SSSR count). The number of carbonyl (C=O) groups excluding carboxylic acids is 1. The highest BCUT2D eigenvalue weighted by atomic mass is 35.5. The fraction of sp³-hybridized carbons (Fsp3) is 0.462. The quantitative estimate of drug-likeness (QED) is 0.810. The van der Waals surface area contributed by atoms with E-state index in [1.165, 1.54) is 24.3 Å². The van der Waals surface area contributed by atoms with Gasteiger partial charge in [0.15, 0.2) is 9.84 Å². The lowest BCUT2D eigenvalue weighted by atomic mass is 10.1. The SMILES string of the molecule is Cl.O=C(c1ccc(F)cc1)N1CCN[C@H]2CS(=O)(=O)C[C@H]21. The molecule has 2 aliphatic rings. The summed E-state index contributed by atoms with van der Waals surface area (Å²) in [6.07, 6.45) is 0. The Morgan fingerprint density at radius 2 is 1.90 bits per heavy atom. The van der Waals surface area contributed by atoms with Crippen molar-refractivity contribution in [2.45, 2.75) is 12.1 Å². The summed E-state index contributed by atoms with van der Waals surface area (Å²) >= 11 is 0. The second-order valence-electron chi connectivity index (χ2n) is 5.21. The summed E-state index contributed by atoms with van der Waals surface area (Å²) in [4.78, 5) is 14.0. The first kappa shape index (κ1) is 16.2. The molecule has 8 heteroatoms. The van der Waals surface area contributed by atoms with Crippen LogP contribution in [0.25, 0.3) is 0 Å². The van der Waals surface area contributed by atoms with Crippen LogP contribution >= 0.6 is 12.4 Å². The lowest BCUT2D eigenvalue weighted by Crippen LogP contribution is -2.59. The van der Waals surface area contributed by atoms with Gasteiger partial charge in [0.05, 0.1) is 17.5 Å². The number of piperazine rings is 1. The lowest BCUT2D eigenvalue weighted by molar-refractivity contribution is 0.0621. The zero-order valence-corrected chi connectivity index (χ0v) is 12.8. The van der Waals surface area contributed by atoms with Crippen molar-refractivity contribution < 1.29 is 17.6 Å². The Bertz CT molecular complexity index is 635. The first-order valence-electron chi connectivity index (χ1n) is 6.47. The number of sulfone groups is 1. The van der Waals surface area contributed by atoms with E-state index in [9.17, 15) is 17.6 Å². The second kappa shape index (κ2) is 5.90. The van der Waals surface area contributed by atoms with E-state index in [-0.39, 0.29) is 41.9 Å². The van der Waals surface area contributed by atoms with Gasteiger partial charge < -0.3 is 10.2 Å². The first-order valence-corrected chi connectivity index (χ1v) is 8.29. The molecule has 0 saturated carbocycles. The van der Waals surface area contributed by atoms with Crippen molar-refractivity contribution in [2.24, 2.45) is 0 Å². The summed E-state index contributed by atoms with van der Waals surface area (Å²) in [7, 11) is -3.10. The molecule has 1 aromatic rings. The molecular formula is C13H16ClFN2O3S. The molecule has 0 radical (unpaired) electrons. The molecule has 1 amide bonds. The molecule has 1 aromatic carbocycles. The van der Waals surface area contributed by atoms with Crippen LogP contribution in [0, 0.1) is 5.82 Å². The average molecular weight is 335 g/mol. The van der Waals surface area contributed by atoms with Crippen LogP contribution in [-0.2, 0) is 9.84 Å². The molecule has 2 heterocycles. The number of rotatable bonds is 1. The van der Waals surface area contributed by atoms with Crippen LogP contribution in [0.5, 0.6) is 0 Å². The molecule has 2 atom stereocenters. The van der Waals surface area contributed by atoms with E-state index in [1.807, 2.05) is 0 Å². The summed E-state index contributed by atoms with van der Waals surface area (Å²) in [5.41, 5.74) is 0.386. The van der Waals surface area contributed by atoms with Crippen molar-refractivity contribution >= 4 is 28.2 Å². The van der Waals surface area contributed by atoms with Gasteiger partial charge in [0, 0.05) is 24.7 Å². The Kier molecular flexibility index (Phi) is 4.55. The number of hydrogen-bond acceptors (Lipinski definition) is 4. The van der Waals surface area contributed by atoms with E-state index >= 15 is 0 Å². The molecule has 2 aliphatic heterocycles. The first-order chi connectivity index (χ1) is 9.46. The maximum Gasteiger partial charge on any atom is 0.254 e. The van der Waals surface area contributed by atoms with Gasteiger partial charge >= 0.3 is 0 Å². The predicted octanol–water partition coefficient (Wildman–Crippen LogP) is 0.458. The van der Waals surface area contributed by atoms with E-state index in [1.54, 1.807) is 4.90 Å². The number of nitrogens with one attached hydrogen (secondary N) is 1. The van der Waals surface area contributed by atoms with Crippen LogP contribution < -0.4 is 5.32 Å². The van der Waals surface area contributed by atoms with Gasteiger partial charge in [0.25, 0.3) is 5.91 Å². The molecule has 1 N–H and O–H groups in total. The average Bonchev–Trinajstić information content (AvgIpc) is 2.72. The van der Waals surface area contributed by atoms with Gasteiger partial charge in [0.1, 0.15) is 5.82 Å². The molecule has 5 nitrogen and oxygen atoms in total. The van der Waals surface area contributed by atoms with Gasteiger partial charge in [-0.2, -0.15) is 0 Å². The molecule has 116 valence electrons. The molecule has 2 saturated heterocycles. The number of fused-ring (bicyclic) bond motifs is 1. The van der Waals surface area contributed by atoms with Crippen LogP contribution in [-0.4, -0.2) is 55.9 Å². The predicted molar refractivity (Wildman–Crippen MR) is 78.9 cm³/mol. The highest BCUT2D eigenvalue weighted by Crippen LogP contribution is 2.23. The van der Waals surface area contributed by atoms with Gasteiger partial charge in [-0.05, 0) is 24.3 Å². The Morgan fingerprint density at radius 1 is 1.24 bits per heavy atom. The van der Waals surface area contributed by atoms with E-state index in [0.29, 0.717) is 18.7 Å². The lowest BCUT2D eigenvalue weighted by Gasteiger charge is -2.37. The van der Waals surface area contributed by atoms with Gasteiger partial charge in [-0.3, -0.25) is 4.79 Å². The van der Waals surface area contributed by atoms with Gasteiger partial charge in [-0.25, -0.2) is 12.8 Å². The van der Waals surface area contributed by atoms with E-state index < -0.39 is 15.7 Å². The monoisotopic (exact) mass is 334 g/mol. The topological polar surface area (TPSA) is 66.5 Å². The van der Waals surface area contributed by atoms with Crippen LogP contribution in [0.4, 0.5) is 4.39 Å². The number of halogens is 2. The zero-order valence-electron chi connectivity index (χ0n) is 11.2. The van der Waals surface area contributed by atoms with Crippen molar-refractivity contribution in [1.82, 2.24) is 10.2 Å². The smallest absolute Gasteiger partial charge is 0.254 e. The Balaban J connectivity index is 0.00000161. The molecular weight excluding hydrogens is 319 g/mol. The molecule has 0 unspecified atom stereocenters. The molecule has 2 fully saturated rings. The maximum atomic E-state index is 12.9. The minimum atomic E-state index is -3.10. The zero-order chi connectivity index (χ0) is 14.3. The molecule has 0 aromatic heterocycles. The van der Waals surface area contributed by atoms with Gasteiger partial charge in [0.2, 0.25) is 0 Å². The maximum absolute atomic E-state index is 12.9. The molecule has 0 spiro atoms. The third-order valence-corrected chi connectivity index (χ3v) is 5.55. The van der Waals surface area contributed by atoms with Crippen molar-refractivity contribution in [2.75, 3.05) is 24.6 Å². The van der Waals surface area contributed by atoms with E-state index in [2.05, 4.69) is 5.32 Å². The number of nitrogens with zero attached hydrogens (tertiary/aromatic N) is 1. The number of hydrogen-bond donors (Lipinski definition) is 1. The summed E-state index contributed by atoms with van der Waals surface area (Å²) in [6, 6.07) is 4.80. The van der Waals surface area contributed by atoms with Crippen LogP contribution in [0.15, 0.2) is 24.3 Å². The molecule has 0 bridgehead atoms. The Hall–Kier alpha value is -1.18. The van der Waals surface area contributed by atoms with Crippen LogP contribution in [0.1, 0.15) is 10.4 Å². The third-order valence-electron chi connectivity index (χ3n) is 3.83. The minimum Gasteiger partial charge on any atom is -0.332 e. The van der Waals surface area contributed by atoms with Crippen molar-refractivity contribution in [1.29, 1.82) is 0 Å². The molecule has 0 aliphatic carbocycles. The van der Waals surface area contributed by atoms with Crippen molar-refractivity contribution in [3.8, 4) is 0 Å². The Morgan fingerprint density at radius 3 is 2.57 bits per heavy atom. The van der Waals surface area contributed by atoms with Crippen molar-refractivity contribution in [3.63, 3.8) is 0 Å². The number of carbonyl (C=O) groups is 1. The highest BCUT2D eigenvalue weighted by molar-refractivity contribution is 7.91. The second-order valence-corrected chi connectivity index (χ2v) is 7.36. The normalized spacial score (nSPS) is 26.8. The largest absolute Gasteiger partial charge is 0.332 e. The summed E-state index contributed by atoms with van der Waals surface area (Å²) in [5, 5.41) is 3.15. The van der Waals surface area contributed by atoms with Crippen LogP contribution in [0.3, 0.4) is 0 Å².